The van der Waals surface area contributed by atoms with Crippen LogP contribution in [0.4, 0.5) is 0 Å². The van der Waals surface area contributed by atoms with Gasteiger partial charge in [-0.05, 0) is 0 Å². The molecule has 0 spiro atoms. The van der Waals surface area contributed by atoms with Crippen LogP contribution in [0.15, 0.2) is 12.4 Å². The summed E-state index contributed by atoms with van der Waals surface area (Å²) < 4.78 is 1.18. The molecule has 1 heterocycles. The van der Waals surface area contributed by atoms with Crippen molar-refractivity contribution in [3.05, 3.63) is 18.0 Å². The third-order valence-corrected chi connectivity index (χ3v) is 1.27. The van der Waals surface area contributed by atoms with Crippen molar-refractivity contribution >= 4 is 5.91 Å². The summed E-state index contributed by atoms with van der Waals surface area (Å²) in [5, 5.41) is 12.1. The van der Waals surface area contributed by atoms with Crippen molar-refractivity contribution in [1.29, 1.82) is 5.26 Å². The monoisotopic (exact) mass is 149 g/mol. The molecule has 0 radical (unpaired) electrons. The van der Waals surface area contributed by atoms with E-state index in [1.807, 2.05) is 6.07 Å². The lowest BCUT2D eigenvalue weighted by Gasteiger charge is -1.92. The molecule has 0 aliphatic carbocycles. The zero-order valence-corrected chi connectivity index (χ0v) is 6.11. The van der Waals surface area contributed by atoms with Crippen molar-refractivity contribution in [2.24, 2.45) is 0 Å². The largest absolute Gasteiger partial charge is 0.273 e. The Morgan fingerprint density at radius 1 is 1.91 bits per heavy atom. The van der Waals surface area contributed by atoms with Crippen LogP contribution in [-0.2, 0) is 0 Å². The summed E-state index contributed by atoms with van der Waals surface area (Å²) in [6.07, 6.45) is 3.19. The first-order valence-corrected chi connectivity index (χ1v) is 3.26. The van der Waals surface area contributed by atoms with E-state index < -0.39 is 0 Å². The molecule has 11 heavy (non-hydrogen) atoms. The fourth-order valence-corrected chi connectivity index (χ4v) is 0.679. The van der Waals surface area contributed by atoms with Gasteiger partial charge in [0.25, 0.3) is 0 Å². The molecular formula is C7H7N3O. The highest BCUT2D eigenvalue weighted by Gasteiger charge is 2.02. The van der Waals surface area contributed by atoms with Crippen LogP contribution in [0.1, 0.15) is 23.7 Å². The van der Waals surface area contributed by atoms with Crippen LogP contribution in [0.2, 0.25) is 0 Å². The molecule has 1 aromatic heterocycles. The second-order valence-electron chi connectivity index (χ2n) is 2.03. The Kier molecular flexibility index (Phi) is 2.02. The lowest BCUT2D eigenvalue weighted by Crippen LogP contribution is -2.08. The van der Waals surface area contributed by atoms with Crippen LogP contribution in [-0.4, -0.2) is 15.7 Å². The van der Waals surface area contributed by atoms with Gasteiger partial charge < -0.3 is 0 Å². The van der Waals surface area contributed by atoms with Crippen LogP contribution >= 0.6 is 0 Å². The van der Waals surface area contributed by atoms with Crippen LogP contribution in [0.5, 0.6) is 0 Å². The van der Waals surface area contributed by atoms with Crippen LogP contribution < -0.4 is 0 Å². The fraction of sp³-hybridized carbons (Fsp3) is 0.286. The van der Waals surface area contributed by atoms with Gasteiger partial charge in [-0.25, -0.2) is 4.68 Å². The Labute approximate surface area is 64.1 Å². The molecule has 0 saturated carbocycles. The number of rotatable bonds is 1. The summed E-state index contributed by atoms with van der Waals surface area (Å²) in [6, 6.07) is 1.89. The molecular weight excluding hydrogens is 142 g/mol. The van der Waals surface area contributed by atoms with Crippen LogP contribution in [0.3, 0.4) is 0 Å². The van der Waals surface area contributed by atoms with Gasteiger partial charge in [-0.15, -0.1) is 0 Å². The van der Waals surface area contributed by atoms with Crippen molar-refractivity contribution in [2.75, 3.05) is 0 Å². The molecule has 1 aromatic rings. The molecule has 0 amide bonds. The van der Waals surface area contributed by atoms with Gasteiger partial charge >= 0.3 is 0 Å². The Bertz CT molecular complexity index is 308. The Balaban J connectivity index is 2.91. The van der Waals surface area contributed by atoms with Crippen molar-refractivity contribution < 1.29 is 4.79 Å². The summed E-state index contributed by atoms with van der Waals surface area (Å²) in [7, 11) is 0. The average molecular weight is 149 g/mol. The highest BCUT2D eigenvalue weighted by molar-refractivity contribution is 5.77. The van der Waals surface area contributed by atoms with E-state index in [-0.39, 0.29) is 5.91 Å². The first-order valence-electron chi connectivity index (χ1n) is 3.26. The normalized spacial score (nSPS) is 9.09. The molecule has 0 fully saturated rings. The van der Waals surface area contributed by atoms with Gasteiger partial charge in [0.1, 0.15) is 6.07 Å². The standard InChI is InChI=1S/C7H7N3O/c1-2-7(11)10-5-6(3-8)4-9-10/h4-5H,2H2,1H3. The van der Waals surface area contributed by atoms with E-state index in [1.165, 1.54) is 17.1 Å². The number of nitrogens with zero attached hydrogens (tertiary/aromatic N) is 3. The molecule has 0 atom stereocenters. The molecule has 0 aromatic carbocycles. The van der Waals surface area contributed by atoms with E-state index in [2.05, 4.69) is 5.10 Å². The van der Waals surface area contributed by atoms with E-state index in [0.29, 0.717) is 12.0 Å². The summed E-state index contributed by atoms with van der Waals surface area (Å²) in [6.45, 7) is 1.75. The molecule has 4 heteroatoms. The minimum absolute atomic E-state index is 0.105. The van der Waals surface area contributed by atoms with Gasteiger partial charge in [-0.3, -0.25) is 4.79 Å². The first-order chi connectivity index (χ1) is 5.27. The third-order valence-electron chi connectivity index (χ3n) is 1.27. The topological polar surface area (TPSA) is 58.7 Å². The smallest absolute Gasteiger partial charge is 0.246 e. The zero-order chi connectivity index (χ0) is 8.27. The van der Waals surface area contributed by atoms with E-state index in [1.54, 1.807) is 6.92 Å². The predicted octanol–water partition coefficient (Wildman–Crippen LogP) is 0.805. The number of hydrogen-bond acceptors (Lipinski definition) is 3. The molecule has 0 aliphatic rings. The Morgan fingerprint density at radius 2 is 2.64 bits per heavy atom. The third kappa shape index (κ3) is 1.44. The molecule has 4 nitrogen and oxygen atoms in total. The van der Waals surface area contributed by atoms with Crippen LogP contribution in [0, 0.1) is 11.3 Å². The Hall–Kier alpha value is -1.63. The number of hydrogen-bond donors (Lipinski definition) is 0. The van der Waals surface area contributed by atoms with Gasteiger partial charge in [0.2, 0.25) is 5.91 Å². The van der Waals surface area contributed by atoms with Gasteiger partial charge in [-0.2, -0.15) is 10.4 Å². The molecule has 0 bridgehead atoms. The zero-order valence-electron chi connectivity index (χ0n) is 6.11. The van der Waals surface area contributed by atoms with E-state index in [9.17, 15) is 4.79 Å². The summed E-state index contributed by atoms with van der Waals surface area (Å²) in [5.41, 5.74) is 0.409. The second kappa shape index (κ2) is 2.97. The summed E-state index contributed by atoms with van der Waals surface area (Å²) >= 11 is 0. The SMILES string of the molecule is CCC(=O)n1cc(C#N)cn1. The summed E-state index contributed by atoms with van der Waals surface area (Å²) in [4.78, 5) is 10.9. The Morgan fingerprint density at radius 3 is 3.09 bits per heavy atom. The molecule has 0 N–H and O–H groups in total. The molecule has 56 valence electrons. The minimum atomic E-state index is -0.105. The highest BCUT2D eigenvalue weighted by atomic mass is 16.2. The second-order valence-corrected chi connectivity index (χ2v) is 2.03. The lowest BCUT2D eigenvalue weighted by molar-refractivity contribution is 0.0893. The number of aromatic nitrogens is 2. The van der Waals surface area contributed by atoms with Gasteiger partial charge in [-0.1, -0.05) is 6.92 Å². The summed E-state index contributed by atoms with van der Waals surface area (Å²) in [5.74, 6) is -0.105. The molecule has 1 rings (SSSR count). The average Bonchev–Trinajstić information content (AvgIpc) is 2.50. The first kappa shape index (κ1) is 7.48. The van der Waals surface area contributed by atoms with Crippen molar-refractivity contribution in [2.45, 2.75) is 13.3 Å². The maximum absolute atomic E-state index is 10.9. The van der Waals surface area contributed by atoms with E-state index >= 15 is 0 Å². The van der Waals surface area contributed by atoms with E-state index in [4.69, 9.17) is 5.26 Å². The number of carbonyl (C=O) groups is 1. The molecule has 0 unspecified atom stereocenters. The van der Waals surface area contributed by atoms with Crippen molar-refractivity contribution in [1.82, 2.24) is 9.78 Å². The maximum atomic E-state index is 10.9. The number of carbonyl (C=O) groups excluding carboxylic acids is 1. The van der Waals surface area contributed by atoms with Crippen LogP contribution in [0.25, 0.3) is 0 Å². The quantitative estimate of drug-likeness (QED) is 0.593. The number of nitriles is 1. The van der Waals surface area contributed by atoms with Gasteiger partial charge in [0.05, 0.1) is 18.0 Å². The fourth-order valence-electron chi connectivity index (χ4n) is 0.679. The van der Waals surface area contributed by atoms with Gasteiger partial charge in [0.15, 0.2) is 0 Å². The molecule has 0 aliphatic heterocycles. The molecule has 0 saturated heterocycles. The van der Waals surface area contributed by atoms with Crippen molar-refractivity contribution in [3.63, 3.8) is 0 Å². The minimum Gasteiger partial charge on any atom is -0.273 e. The van der Waals surface area contributed by atoms with Gasteiger partial charge in [0, 0.05) is 6.42 Å². The van der Waals surface area contributed by atoms with E-state index in [0.717, 1.165) is 0 Å². The maximum Gasteiger partial charge on any atom is 0.246 e. The predicted molar refractivity (Wildman–Crippen MR) is 37.9 cm³/mol. The highest BCUT2D eigenvalue weighted by Crippen LogP contribution is 1.95. The lowest BCUT2D eigenvalue weighted by atomic mass is 10.4. The van der Waals surface area contributed by atoms with Crippen molar-refractivity contribution in [3.8, 4) is 6.07 Å².